The van der Waals surface area contributed by atoms with E-state index in [1.165, 1.54) is 60.1 Å². The molecule has 3 heteroatoms. The van der Waals surface area contributed by atoms with Crippen LogP contribution in [0.4, 0.5) is 0 Å². The predicted molar refractivity (Wildman–Crippen MR) is 150 cm³/mol. The lowest BCUT2D eigenvalue weighted by Gasteiger charge is -2.10. The maximum absolute atomic E-state index is 4.42. The van der Waals surface area contributed by atoms with E-state index in [4.69, 9.17) is 0 Å². The average molecular weight is 460 g/mol. The fraction of sp³-hybridized carbons (Fsp3) is 0. The minimum absolute atomic E-state index is 1.07. The first kappa shape index (κ1) is 19.4. The van der Waals surface area contributed by atoms with Crippen LogP contribution >= 0.6 is 0 Å². The van der Waals surface area contributed by atoms with Crippen LogP contribution in [0.15, 0.2) is 128 Å². The normalized spacial score (nSPS) is 11.9. The molecule has 5 aromatic carbocycles. The maximum atomic E-state index is 4.42. The maximum Gasteiger partial charge on any atom is 0.0645 e. The summed E-state index contributed by atoms with van der Waals surface area (Å²) in [6, 6.07) is 41.4. The molecule has 0 aliphatic rings. The smallest absolute Gasteiger partial charge is 0.0645 e. The zero-order chi connectivity index (χ0) is 23.6. The molecule has 3 heterocycles. The minimum atomic E-state index is 1.07. The molecule has 8 rings (SSSR count). The van der Waals surface area contributed by atoms with Crippen molar-refractivity contribution in [1.29, 1.82) is 0 Å². The number of pyridine rings is 1. The molecule has 0 bridgehead atoms. The van der Waals surface area contributed by atoms with Gasteiger partial charge in [-0.2, -0.15) is 0 Å². The van der Waals surface area contributed by atoms with E-state index in [-0.39, 0.29) is 0 Å². The van der Waals surface area contributed by atoms with Gasteiger partial charge < -0.3 is 9.13 Å². The number of benzene rings is 5. The van der Waals surface area contributed by atoms with Crippen LogP contribution in [0.25, 0.3) is 65.8 Å². The highest BCUT2D eigenvalue weighted by Crippen LogP contribution is 2.42. The van der Waals surface area contributed by atoms with Gasteiger partial charge in [-0.15, -0.1) is 0 Å². The first-order valence-electron chi connectivity index (χ1n) is 12.2. The third kappa shape index (κ3) is 2.60. The van der Waals surface area contributed by atoms with E-state index in [1.807, 2.05) is 18.5 Å². The van der Waals surface area contributed by atoms with Gasteiger partial charge in [-0.25, -0.2) is 0 Å². The van der Waals surface area contributed by atoms with Gasteiger partial charge in [0.2, 0.25) is 0 Å². The molecular formula is C33H21N3. The standard InChI is InChI=1S/C33H21N3/c1-2-11-24(12-3-1)36-31-20-23-10-5-4-9-22(23)19-28(31)26-16-17-30-32(33(26)36)27-14-6-7-15-29(27)35(30)25-13-8-18-34-21-25/h1-21H. The Hall–Kier alpha value is -4.89. The van der Waals surface area contributed by atoms with Gasteiger partial charge in [-0.1, -0.05) is 66.7 Å². The van der Waals surface area contributed by atoms with Gasteiger partial charge in [0.15, 0.2) is 0 Å². The van der Waals surface area contributed by atoms with Crippen LogP contribution < -0.4 is 0 Å². The Morgan fingerprint density at radius 3 is 2.06 bits per heavy atom. The molecule has 0 N–H and O–H groups in total. The zero-order valence-electron chi connectivity index (χ0n) is 19.5. The number of aromatic nitrogens is 3. The second kappa shape index (κ2) is 7.30. The number of nitrogens with zero attached hydrogens (tertiary/aromatic N) is 3. The molecule has 0 spiro atoms. The van der Waals surface area contributed by atoms with Gasteiger partial charge in [-0.3, -0.25) is 4.98 Å². The number of para-hydroxylation sites is 2. The van der Waals surface area contributed by atoms with Gasteiger partial charge in [0.1, 0.15) is 0 Å². The first-order valence-corrected chi connectivity index (χ1v) is 12.2. The van der Waals surface area contributed by atoms with Crippen molar-refractivity contribution in [3.63, 3.8) is 0 Å². The van der Waals surface area contributed by atoms with Crippen LogP contribution in [0.3, 0.4) is 0 Å². The Morgan fingerprint density at radius 2 is 1.22 bits per heavy atom. The monoisotopic (exact) mass is 459 g/mol. The average Bonchev–Trinajstić information content (AvgIpc) is 3.45. The molecule has 8 aromatic rings. The SMILES string of the molecule is c1ccc(-n2c3cc4ccccc4cc3c3ccc4c(c5ccccc5n4-c4cccnc4)c32)cc1. The minimum Gasteiger partial charge on any atom is -0.309 e. The summed E-state index contributed by atoms with van der Waals surface area (Å²) in [5.41, 5.74) is 7.06. The molecule has 3 nitrogen and oxygen atoms in total. The second-order valence-corrected chi connectivity index (χ2v) is 9.31. The van der Waals surface area contributed by atoms with Crippen LogP contribution in [0.1, 0.15) is 0 Å². The fourth-order valence-corrected chi connectivity index (χ4v) is 5.85. The van der Waals surface area contributed by atoms with Gasteiger partial charge in [-0.05, 0) is 59.3 Å². The Labute approximate surface area is 207 Å². The molecule has 3 aromatic heterocycles. The molecule has 0 aliphatic carbocycles. The lowest BCUT2D eigenvalue weighted by atomic mass is 10.0. The van der Waals surface area contributed by atoms with Gasteiger partial charge in [0, 0.05) is 33.4 Å². The summed E-state index contributed by atoms with van der Waals surface area (Å²) < 4.78 is 4.78. The van der Waals surface area contributed by atoms with Crippen molar-refractivity contribution < 1.29 is 0 Å². The van der Waals surface area contributed by atoms with Crippen LogP contribution in [0, 0.1) is 0 Å². The van der Waals surface area contributed by atoms with E-state index in [1.54, 1.807) is 0 Å². The van der Waals surface area contributed by atoms with Crippen LogP contribution in [-0.2, 0) is 0 Å². The van der Waals surface area contributed by atoms with Crippen molar-refractivity contribution in [3.8, 4) is 11.4 Å². The molecule has 0 saturated carbocycles. The molecule has 0 fully saturated rings. The summed E-state index contributed by atoms with van der Waals surface area (Å²) in [4.78, 5) is 4.42. The van der Waals surface area contributed by atoms with Gasteiger partial charge in [0.05, 0.1) is 34.0 Å². The Kier molecular flexibility index (Phi) is 3.94. The van der Waals surface area contributed by atoms with Crippen molar-refractivity contribution in [3.05, 3.63) is 128 Å². The summed E-state index contributed by atoms with van der Waals surface area (Å²) >= 11 is 0. The van der Waals surface area contributed by atoms with Crippen LogP contribution in [0.2, 0.25) is 0 Å². The highest BCUT2D eigenvalue weighted by Gasteiger charge is 2.21. The van der Waals surface area contributed by atoms with Crippen molar-refractivity contribution in [1.82, 2.24) is 14.1 Å². The molecule has 0 unspecified atom stereocenters. The highest BCUT2D eigenvalue weighted by molar-refractivity contribution is 6.27. The number of fused-ring (bicyclic) bond motifs is 8. The highest BCUT2D eigenvalue weighted by atomic mass is 15.0. The van der Waals surface area contributed by atoms with Crippen molar-refractivity contribution in [2.45, 2.75) is 0 Å². The molecule has 0 aliphatic heterocycles. The molecule has 168 valence electrons. The zero-order valence-corrected chi connectivity index (χ0v) is 19.5. The third-order valence-electron chi connectivity index (χ3n) is 7.35. The summed E-state index contributed by atoms with van der Waals surface area (Å²) in [5.74, 6) is 0. The molecular weight excluding hydrogens is 438 g/mol. The predicted octanol–water partition coefficient (Wildman–Crippen LogP) is 8.43. The number of hydrogen-bond donors (Lipinski definition) is 0. The molecule has 0 atom stereocenters. The lowest BCUT2D eigenvalue weighted by molar-refractivity contribution is 1.14. The summed E-state index contributed by atoms with van der Waals surface area (Å²) in [6.07, 6.45) is 3.77. The topological polar surface area (TPSA) is 22.8 Å². The number of rotatable bonds is 2. The summed E-state index contributed by atoms with van der Waals surface area (Å²) in [7, 11) is 0. The molecule has 36 heavy (non-hydrogen) atoms. The lowest BCUT2D eigenvalue weighted by Crippen LogP contribution is -1.95. The van der Waals surface area contributed by atoms with E-state index in [0.29, 0.717) is 0 Å². The van der Waals surface area contributed by atoms with Gasteiger partial charge >= 0.3 is 0 Å². The van der Waals surface area contributed by atoms with Crippen LogP contribution in [-0.4, -0.2) is 14.1 Å². The van der Waals surface area contributed by atoms with Crippen LogP contribution in [0.5, 0.6) is 0 Å². The molecule has 0 radical (unpaired) electrons. The summed E-state index contributed by atoms with van der Waals surface area (Å²) in [6.45, 7) is 0. The van der Waals surface area contributed by atoms with Crippen molar-refractivity contribution in [2.75, 3.05) is 0 Å². The van der Waals surface area contributed by atoms with E-state index < -0.39 is 0 Å². The van der Waals surface area contributed by atoms with Gasteiger partial charge in [0.25, 0.3) is 0 Å². The fourth-order valence-electron chi connectivity index (χ4n) is 5.85. The second-order valence-electron chi connectivity index (χ2n) is 9.31. The largest absolute Gasteiger partial charge is 0.309 e. The Balaban J connectivity index is 1.66. The van der Waals surface area contributed by atoms with Crippen molar-refractivity contribution in [2.24, 2.45) is 0 Å². The Bertz CT molecular complexity index is 2080. The van der Waals surface area contributed by atoms with E-state index in [9.17, 15) is 0 Å². The van der Waals surface area contributed by atoms with E-state index >= 15 is 0 Å². The quantitative estimate of drug-likeness (QED) is 0.254. The summed E-state index contributed by atoms with van der Waals surface area (Å²) in [5, 5.41) is 7.55. The first-order chi connectivity index (χ1) is 17.9. The number of hydrogen-bond acceptors (Lipinski definition) is 1. The van der Waals surface area contributed by atoms with E-state index in [0.717, 1.165) is 5.69 Å². The van der Waals surface area contributed by atoms with Crippen molar-refractivity contribution >= 4 is 54.4 Å². The Morgan fingerprint density at radius 1 is 0.472 bits per heavy atom. The molecule has 0 amide bonds. The van der Waals surface area contributed by atoms with E-state index in [2.05, 4.69) is 123 Å². The molecule has 0 saturated heterocycles. The third-order valence-corrected chi connectivity index (χ3v) is 7.35.